The average Bonchev–Trinajstić information content (AvgIpc) is 2.66. The molecule has 1 fully saturated rings. The van der Waals surface area contributed by atoms with E-state index >= 15 is 0 Å². The molecule has 4 rings (SSSR count). The Kier molecular flexibility index (Phi) is 5.74. The number of rotatable bonds is 7. The highest BCUT2D eigenvalue weighted by molar-refractivity contribution is 7.90. The van der Waals surface area contributed by atoms with E-state index in [2.05, 4.69) is 42.0 Å². The van der Waals surface area contributed by atoms with Crippen molar-refractivity contribution in [3.8, 4) is 5.75 Å². The van der Waals surface area contributed by atoms with Crippen molar-refractivity contribution >= 4 is 10.0 Å². The molecule has 1 aliphatic heterocycles. The molecule has 0 spiro atoms. The highest BCUT2D eigenvalue weighted by Crippen LogP contribution is 2.41. The lowest BCUT2D eigenvalue weighted by atomic mass is 9.78. The molecule has 1 aliphatic carbocycles. The average molecular weight is 400 g/mol. The minimum Gasteiger partial charge on any atom is -0.493 e. The van der Waals surface area contributed by atoms with Crippen molar-refractivity contribution in [3.63, 3.8) is 0 Å². The Balaban J connectivity index is 1.55. The zero-order chi connectivity index (χ0) is 19.6. The number of hydrogen-bond donors (Lipinski definition) is 1. The minimum absolute atomic E-state index is 0.205. The van der Waals surface area contributed by atoms with E-state index in [1.165, 1.54) is 11.1 Å². The summed E-state index contributed by atoms with van der Waals surface area (Å²) in [6.07, 6.45) is 4.62. The molecule has 1 saturated carbocycles. The lowest BCUT2D eigenvalue weighted by molar-refractivity contribution is 0.188. The van der Waals surface area contributed by atoms with Gasteiger partial charge >= 0.3 is 0 Å². The van der Waals surface area contributed by atoms with E-state index in [0.717, 1.165) is 50.0 Å². The molecule has 0 radical (unpaired) electrons. The summed E-state index contributed by atoms with van der Waals surface area (Å²) in [6.45, 7) is 3.31. The minimum atomic E-state index is -3.20. The maximum Gasteiger partial charge on any atom is 0.214 e. The first-order chi connectivity index (χ1) is 13.6. The first kappa shape index (κ1) is 19.5. The fraction of sp³-hybridized carbons (Fsp3) is 0.478. The standard InChI is InChI=1S/C23H29NO3S/c1-2-19-16-27-23-12-11-18(15-24-28(25,26)20-9-6-10-20)14-22(23)21(19)13-17-7-4-3-5-8-17/h3-5,7-8,11-12,14,19-21,24H,2,6,9-10,13,15-16H2,1H3. The van der Waals surface area contributed by atoms with Crippen LogP contribution in [0.2, 0.25) is 0 Å². The molecule has 2 unspecified atom stereocenters. The third-order valence-electron chi connectivity index (χ3n) is 6.29. The molecule has 4 nitrogen and oxygen atoms in total. The van der Waals surface area contributed by atoms with Gasteiger partial charge in [0.25, 0.3) is 0 Å². The molecular formula is C23H29NO3S. The summed E-state index contributed by atoms with van der Waals surface area (Å²) < 4.78 is 33.5. The van der Waals surface area contributed by atoms with E-state index in [9.17, 15) is 8.42 Å². The van der Waals surface area contributed by atoms with Crippen LogP contribution in [-0.4, -0.2) is 20.3 Å². The number of hydrogen-bond acceptors (Lipinski definition) is 3. The summed E-state index contributed by atoms with van der Waals surface area (Å²) in [5, 5.41) is -0.205. The summed E-state index contributed by atoms with van der Waals surface area (Å²) in [4.78, 5) is 0. The molecule has 0 saturated heterocycles. The molecule has 1 heterocycles. The van der Waals surface area contributed by atoms with Gasteiger partial charge in [-0.1, -0.05) is 55.8 Å². The van der Waals surface area contributed by atoms with Gasteiger partial charge in [-0.25, -0.2) is 13.1 Å². The Morgan fingerprint density at radius 1 is 1.07 bits per heavy atom. The summed E-state index contributed by atoms with van der Waals surface area (Å²) >= 11 is 0. The van der Waals surface area contributed by atoms with Crippen molar-refractivity contribution < 1.29 is 13.2 Å². The van der Waals surface area contributed by atoms with Crippen LogP contribution >= 0.6 is 0 Å². The van der Waals surface area contributed by atoms with E-state index in [1.54, 1.807) is 0 Å². The third kappa shape index (κ3) is 4.11. The summed E-state index contributed by atoms with van der Waals surface area (Å²) in [5.41, 5.74) is 3.54. The van der Waals surface area contributed by atoms with Crippen molar-refractivity contribution in [3.05, 3.63) is 65.2 Å². The first-order valence-corrected chi connectivity index (χ1v) is 11.9. The lowest BCUT2D eigenvalue weighted by Crippen LogP contribution is -2.38. The Labute approximate surface area is 168 Å². The van der Waals surface area contributed by atoms with Crippen LogP contribution in [0.3, 0.4) is 0 Å². The van der Waals surface area contributed by atoms with E-state index in [0.29, 0.717) is 18.4 Å². The molecule has 5 heteroatoms. The summed E-state index contributed by atoms with van der Waals surface area (Å²) in [7, 11) is -3.20. The second-order valence-corrected chi connectivity index (χ2v) is 10.1. The molecule has 2 aromatic rings. The molecular weight excluding hydrogens is 370 g/mol. The Morgan fingerprint density at radius 3 is 2.54 bits per heavy atom. The van der Waals surface area contributed by atoms with Gasteiger partial charge in [-0.2, -0.15) is 0 Å². The molecule has 1 N–H and O–H groups in total. The zero-order valence-electron chi connectivity index (χ0n) is 16.4. The van der Waals surface area contributed by atoms with Crippen LogP contribution in [0.15, 0.2) is 48.5 Å². The van der Waals surface area contributed by atoms with Gasteiger partial charge in [0.1, 0.15) is 5.75 Å². The van der Waals surface area contributed by atoms with Crippen LogP contribution in [-0.2, 0) is 23.0 Å². The van der Waals surface area contributed by atoms with Crippen molar-refractivity contribution in [1.29, 1.82) is 0 Å². The SMILES string of the molecule is CCC1COc2ccc(CNS(=O)(=O)C3CCC3)cc2C1Cc1ccccc1. The van der Waals surface area contributed by atoms with E-state index < -0.39 is 10.0 Å². The van der Waals surface area contributed by atoms with Gasteiger partial charge < -0.3 is 4.74 Å². The molecule has 28 heavy (non-hydrogen) atoms. The van der Waals surface area contributed by atoms with Crippen molar-refractivity contribution in [2.24, 2.45) is 5.92 Å². The topological polar surface area (TPSA) is 55.4 Å². The van der Waals surface area contributed by atoms with E-state index in [1.807, 2.05) is 18.2 Å². The predicted molar refractivity (Wildman–Crippen MR) is 112 cm³/mol. The first-order valence-electron chi connectivity index (χ1n) is 10.3. The second kappa shape index (κ2) is 8.26. The normalized spacial score (nSPS) is 22.2. The molecule has 0 aromatic heterocycles. The smallest absolute Gasteiger partial charge is 0.214 e. The Hall–Kier alpha value is -1.85. The highest BCUT2D eigenvalue weighted by Gasteiger charge is 2.32. The molecule has 2 atom stereocenters. The van der Waals surface area contributed by atoms with Gasteiger partial charge in [0.05, 0.1) is 11.9 Å². The van der Waals surface area contributed by atoms with Gasteiger partial charge in [-0.05, 0) is 54.4 Å². The van der Waals surface area contributed by atoms with Crippen LogP contribution in [0.5, 0.6) is 5.75 Å². The number of sulfonamides is 1. The van der Waals surface area contributed by atoms with Gasteiger partial charge in [0.2, 0.25) is 10.0 Å². The van der Waals surface area contributed by atoms with Crippen molar-refractivity contribution in [2.75, 3.05) is 6.61 Å². The highest BCUT2D eigenvalue weighted by atomic mass is 32.2. The number of ether oxygens (including phenoxy) is 1. The lowest BCUT2D eigenvalue weighted by Gasteiger charge is -2.34. The molecule has 2 aliphatic rings. The van der Waals surface area contributed by atoms with Crippen molar-refractivity contribution in [2.45, 2.75) is 56.7 Å². The largest absolute Gasteiger partial charge is 0.493 e. The number of nitrogens with one attached hydrogen (secondary N) is 1. The molecule has 0 amide bonds. The van der Waals surface area contributed by atoms with Gasteiger partial charge in [0.15, 0.2) is 0 Å². The monoisotopic (exact) mass is 399 g/mol. The second-order valence-electron chi connectivity index (χ2n) is 8.07. The summed E-state index contributed by atoms with van der Waals surface area (Å²) in [6, 6.07) is 16.7. The predicted octanol–water partition coefficient (Wildman–Crippen LogP) is 4.40. The molecule has 150 valence electrons. The molecule has 0 bridgehead atoms. The molecule has 2 aromatic carbocycles. The van der Waals surface area contributed by atoms with Gasteiger partial charge in [-0.15, -0.1) is 0 Å². The number of benzene rings is 2. The van der Waals surface area contributed by atoms with Crippen LogP contribution < -0.4 is 9.46 Å². The quantitative estimate of drug-likeness (QED) is 0.751. The third-order valence-corrected chi connectivity index (χ3v) is 8.18. The zero-order valence-corrected chi connectivity index (χ0v) is 17.3. The van der Waals surface area contributed by atoms with E-state index in [4.69, 9.17) is 4.74 Å². The Bertz CT molecular complexity index is 907. The van der Waals surface area contributed by atoms with Crippen LogP contribution in [0.4, 0.5) is 0 Å². The fourth-order valence-electron chi connectivity index (χ4n) is 4.23. The Morgan fingerprint density at radius 2 is 1.86 bits per heavy atom. The van der Waals surface area contributed by atoms with Crippen LogP contribution in [0, 0.1) is 5.92 Å². The van der Waals surface area contributed by atoms with Gasteiger partial charge in [0, 0.05) is 12.5 Å². The van der Waals surface area contributed by atoms with Crippen LogP contribution in [0.1, 0.15) is 55.2 Å². The van der Waals surface area contributed by atoms with Crippen LogP contribution in [0.25, 0.3) is 0 Å². The van der Waals surface area contributed by atoms with E-state index in [-0.39, 0.29) is 5.25 Å². The fourth-order valence-corrected chi connectivity index (χ4v) is 5.78. The van der Waals surface area contributed by atoms with Crippen molar-refractivity contribution in [1.82, 2.24) is 4.72 Å². The number of fused-ring (bicyclic) bond motifs is 1. The van der Waals surface area contributed by atoms with Gasteiger partial charge in [-0.3, -0.25) is 0 Å². The maximum absolute atomic E-state index is 12.3. The maximum atomic E-state index is 12.3. The summed E-state index contributed by atoms with van der Waals surface area (Å²) in [5.74, 6) is 1.80.